The maximum Gasteiger partial charge on any atom is 0.216 e. The molecule has 8 heteroatoms. The highest BCUT2D eigenvalue weighted by molar-refractivity contribution is 14.0. The van der Waals surface area contributed by atoms with Gasteiger partial charge in [-0.3, -0.25) is 0 Å². The summed E-state index contributed by atoms with van der Waals surface area (Å²) in [5.41, 5.74) is 2.11. The average molecular weight is 522 g/mol. The van der Waals surface area contributed by atoms with Gasteiger partial charge in [-0.25, -0.2) is 14.7 Å². The first kappa shape index (κ1) is 23.9. The minimum Gasteiger partial charge on any atom is -0.443 e. The van der Waals surface area contributed by atoms with E-state index in [1.54, 1.807) is 12.4 Å². The van der Waals surface area contributed by atoms with Crippen LogP contribution in [0.3, 0.4) is 0 Å². The van der Waals surface area contributed by atoms with E-state index in [2.05, 4.69) is 65.5 Å². The summed E-state index contributed by atoms with van der Waals surface area (Å²) < 4.78 is 7.69. The Kier molecular flexibility index (Phi) is 8.45. The van der Waals surface area contributed by atoms with Gasteiger partial charge < -0.3 is 15.1 Å². The third-order valence-electron chi connectivity index (χ3n) is 4.50. The van der Waals surface area contributed by atoms with Crippen LogP contribution in [0.1, 0.15) is 57.9 Å². The highest BCUT2D eigenvalue weighted by atomic mass is 127. The molecule has 3 aromatic rings. The van der Waals surface area contributed by atoms with Crippen molar-refractivity contribution < 1.29 is 4.42 Å². The maximum absolute atomic E-state index is 5.84. The van der Waals surface area contributed by atoms with Gasteiger partial charge in [0.1, 0.15) is 12.3 Å². The zero-order chi connectivity index (χ0) is 20.9. The zero-order valence-electron chi connectivity index (χ0n) is 18.2. The van der Waals surface area contributed by atoms with Crippen LogP contribution in [0.2, 0.25) is 0 Å². The molecule has 0 saturated heterocycles. The third kappa shape index (κ3) is 6.32. The molecule has 1 atom stereocenters. The second-order valence-corrected chi connectivity index (χ2v) is 7.98. The molecular formula is C22H31IN6O. The Morgan fingerprint density at radius 2 is 2.07 bits per heavy atom. The summed E-state index contributed by atoms with van der Waals surface area (Å²) in [4.78, 5) is 8.99. The van der Waals surface area contributed by atoms with E-state index >= 15 is 0 Å². The van der Waals surface area contributed by atoms with Crippen LogP contribution < -0.4 is 10.6 Å². The SMILES string of the molecule is CCNC(=NCc1ncc(C(C)(C)C)o1)NC(C)c1cccc(-n2cccn2)c1.I. The Hall–Kier alpha value is -2.36. The van der Waals surface area contributed by atoms with Crippen molar-refractivity contribution >= 4 is 29.9 Å². The highest BCUT2D eigenvalue weighted by Crippen LogP contribution is 2.23. The number of aliphatic imine (C=N–C) groups is 1. The van der Waals surface area contributed by atoms with Gasteiger partial charge in [-0.05, 0) is 37.6 Å². The normalized spacial score (nSPS) is 12.9. The van der Waals surface area contributed by atoms with E-state index < -0.39 is 0 Å². The lowest BCUT2D eigenvalue weighted by atomic mass is 9.94. The predicted molar refractivity (Wildman–Crippen MR) is 131 cm³/mol. The van der Waals surface area contributed by atoms with Gasteiger partial charge in [0, 0.05) is 24.4 Å². The molecule has 2 heterocycles. The first-order chi connectivity index (χ1) is 13.9. The van der Waals surface area contributed by atoms with E-state index in [4.69, 9.17) is 4.42 Å². The molecule has 7 nitrogen and oxygen atoms in total. The van der Waals surface area contributed by atoms with Crippen LogP contribution in [-0.4, -0.2) is 27.3 Å². The van der Waals surface area contributed by atoms with Crippen molar-refractivity contribution in [3.63, 3.8) is 0 Å². The van der Waals surface area contributed by atoms with Gasteiger partial charge in [0.25, 0.3) is 0 Å². The van der Waals surface area contributed by atoms with E-state index in [0.29, 0.717) is 12.4 Å². The minimum absolute atomic E-state index is 0. The lowest BCUT2D eigenvalue weighted by Gasteiger charge is -2.18. The summed E-state index contributed by atoms with van der Waals surface area (Å²) in [6.45, 7) is 11.6. The molecular weight excluding hydrogens is 491 g/mol. The summed E-state index contributed by atoms with van der Waals surface area (Å²) in [5, 5.41) is 11.0. The highest BCUT2D eigenvalue weighted by Gasteiger charge is 2.19. The number of hydrogen-bond donors (Lipinski definition) is 2. The number of hydrogen-bond acceptors (Lipinski definition) is 4. The monoisotopic (exact) mass is 522 g/mol. The van der Waals surface area contributed by atoms with Crippen LogP contribution in [-0.2, 0) is 12.0 Å². The minimum atomic E-state index is -0.0637. The average Bonchev–Trinajstić information content (AvgIpc) is 3.38. The van der Waals surface area contributed by atoms with Crippen LogP contribution in [0.5, 0.6) is 0 Å². The Labute approximate surface area is 195 Å². The van der Waals surface area contributed by atoms with Crippen molar-refractivity contribution in [2.45, 2.75) is 52.6 Å². The zero-order valence-corrected chi connectivity index (χ0v) is 20.5. The standard InChI is InChI=1S/C22H30N6O.HI/c1-6-23-21(25-15-20-24-14-19(29-20)22(3,4)5)27-16(2)17-9-7-10-18(13-17)28-12-8-11-26-28;/h7-14,16H,6,15H2,1-5H3,(H2,23,25,27);1H. The quantitative estimate of drug-likeness (QED) is 0.281. The molecule has 0 aliphatic heterocycles. The van der Waals surface area contributed by atoms with Crippen LogP contribution in [0.25, 0.3) is 5.69 Å². The van der Waals surface area contributed by atoms with Gasteiger partial charge in [-0.15, -0.1) is 24.0 Å². The van der Waals surface area contributed by atoms with Gasteiger partial charge in [0.2, 0.25) is 5.89 Å². The van der Waals surface area contributed by atoms with Crippen molar-refractivity contribution in [1.29, 1.82) is 0 Å². The molecule has 0 aliphatic rings. The molecule has 0 saturated carbocycles. The number of nitrogens with zero attached hydrogens (tertiary/aromatic N) is 4. The summed E-state index contributed by atoms with van der Waals surface area (Å²) in [5.74, 6) is 2.20. The van der Waals surface area contributed by atoms with Crippen molar-refractivity contribution in [3.05, 3.63) is 66.1 Å². The van der Waals surface area contributed by atoms with Crippen LogP contribution >= 0.6 is 24.0 Å². The van der Waals surface area contributed by atoms with Crippen LogP contribution in [0.15, 0.2) is 58.3 Å². The molecule has 0 fully saturated rings. The second-order valence-electron chi connectivity index (χ2n) is 7.98. The van der Waals surface area contributed by atoms with Crippen LogP contribution in [0, 0.1) is 0 Å². The van der Waals surface area contributed by atoms with E-state index in [1.807, 2.05) is 36.0 Å². The smallest absolute Gasteiger partial charge is 0.216 e. The molecule has 1 aromatic carbocycles. The van der Waals surface area contributed by atoms with E-state index in [-0.39, 0.29) is 35.4 Å². The Morgan fingerprint density at radius 1 is 1.27 bits per heavy atom. The Bertz CT molecular complexity index is 943. The molecule has 1 unspecified atom stereocenters. The molecule has 0 spiro atoms. The number of rotatable bonds is 6. The molecule has 3 rings (SSSR count). The van der Waals surface area contributed by atoms with E-state index in [1.165, 1.54) is 0 Å². The molecule has 0 bridgehead atoms. The molecule has 162 valence electrons. The van der Waals surface area contributed by atoms with Gasteiger partial charge in [0.05, 0.1) is 17.9 Å². The van der Waals surface area contributed by atoms with Crippen molar-refractivity contribution in [1.82, 2.24) is 25.4 Å². The fraction of sp³-hybridized carbons (Fsp3) is 0.409. The predicted octanol–water partition coefficient (Wildman–Crippen LogP) is 4.59. The molecule has 0 aliphatic carbocycles. The summed E-state index contributed by atoms with van der Waals surface area (Å²) >= 11 is 0. The summed E-state index contributed by atoms with van der Waals surface area (Å²) in [6, 6.07) is 10.3. The third-order valence-corrected chi connectivity index (χ3v) is 4.50. The Morgan fingerprint density at radius 3 is 2.70 bits per heavy atom. The molecule has 2 N–H and O–H groups in total. The summed E-state index contributed by atoms with van der Waals surface area (Å²) in [6.07, 6.45) is 5.50. The Balaban J connectivity index is 0.00000320. The largest absolute Gasteiger partial charge is 0.443 e. The second kappa shape index (κ2) is 10.6. The fourth-order valence-corrected chi connectivity index (χ4v) is 2.84. The number of nitrogens with one attached hydrogen (secondary N) is 2. The molecule has 2 aromatic heterocycles. The molecule has 30 heavy (non-hydrogen) atoms. The topological polar surface area (TPSA) is 80.3 Å². The molecule has 0 radical (unpaired) electrons. The van der Waals surface area contributed by atoms with E-state index in [9.17, 15) is 0 Å². The van der Waals surface area contributed by atoms with E-state index in [0.717, 1.165) is 29.5 Å². The number of benzene rings is 1. The van der Waals surface area contributed by atoms with Gasteiger partial charge in [-0.2, -0.15) is 5.10 Å². The van der Waals surface area contributed by atoms with Crippen molar-refractivity contribution in [3.8, 4) is 5.69 Å². The first-order valence-corrected chi connectivity index (χ1v) is 9.97. The number of halogens is 1. The first-order valence-electron chi connectivity index (χ1n) is 9.97. The van der Waals surface area contributed by atoms with Gasteiger partial charge >= 0.3 is 0 Å². The number of guanidine groups is 1. The maximum atomic E-state index is 5.84. The lowest BCUT2D eigenvalue weighted by molar-refractivity contribution is 0.383. The van der Waals surface area contributed by atoms with Gasteiger partial charge in [0.15, 0.2) is 5.96 Å². The number of oxazole rings is 1. The number of aromatic nitrogens is 3. The van der Waals surface area contributed by atoms with Crippen LogP contribution in [0.4, 0.5) is 0 Å². The fourth-order valence-electron chi connectivity index (χ4n) is 2.84. The van der Waals surface area contributed by atoms with Gasteiger partial charge in [-0.1, -0.05) is 32.9 Å². The van der Waals surface area contributed by atoms with Crippen molar-refractivity contribution in [2.75, 3.05) is 6.54 Å². The summed E-state index contributed by atoms with van der Waals surface area (Å²) in [7, 11) is 0. The molecule has 0 amide bonds. The lowest BCUT2D eigenvalue weighted by Crippen LogP contribution is -2.38. The van der Waals surface area contributed by atoms with Crippen molar-refractivity contribution in [2.24, 2.45) is 4.99 Å².